The lowest BCUT2D eigenvalue weighted by Gasteiger charge is -2.42. The van der Waals surface area contributed by atoms with Gasteiger partial charge in [-0.3, -0.25) is 9.78 Å². The van der Waals surface area contributed by atoms with Crippen LogP contribution in [0.25, 0.3) is 10.9 Å². The minimum Gasteiger partial charge on any atom is -0.287 e. The van der Waals surface area contributed by atoms with E-state index in [9.17, 15) is 43.7 Å². The molecule has 0 amide bonds. The van der Waals surface area contributed by atoms with E-state index in [-0.39, 0.29) is 6.07 Å². The number of aromatic nitrogens is 2. The van der Waals surface area contributed by atoms with Crippen LogP contribution in [0.4, 0.5) is 38.9 Å². The van der Waals surface area contributed by atoms with E-state index < -0.39 is 64.4 Å². The lowest BCUT2D eigenvalue weighted by Crippen LogP contribution is -2.14. The summed E-state index contributed by atoms with van der Waals surface area (Å²) in [6, 6.07) is 3.65. The summed E-state index contributed by atoms with van der Waals surface area (Å²) < 4.78 is 133. The molecule has 0 fully saturated rings. The molecular formula is C15H8F10N2OS2. The van der Waals surface area contributed by atoms with E-state index in [1.165, 1.54) is 12.1 Å². The van der Waals surface area contributed by atoms with Crippen molar-refractivity contribution in [3.63, 3.8) is 0 Å². The topological polar surface area (TPSA) is 42.9 Å². The molecule has 1 aromatic carbocycles. The van der Waals surface area contributed by atoms with Crippen molar-refractivity contribution in [1.82, 2.24) is 9.97 Å². The maximum absolute atomic E-state index is 13.4. The zero-order valence-corrected chi connectivity index (χ0v) is 15.7. The van der Waals surface area contributed by atoms with Gasteiger partial charge >= 0.3 is 20.4 Å². The number of rotatable bonds is 4. The second kappa shape index (κ2) is 5.01. The van der Waals surface area contributed by atoms with Gasteiger partial charge in [-0.15, -0.1) is 0 Å². The van der Waals surface area contributed by atoms with E-state index in [0.717, 1.165) is 12.3 Å². The van der Waals surface area contributed by atoms with Crippen LogP contribution in [-0.2, 0) is 0 Å². The Balaban J connectivity index is 2.53. The van der Waals surface area contributed by atoms with Crippen LogP contribution < -0.4 is 0 Å². The number of hydrogen-bond donors (Lipinski definition) is 0. The molecule has 2 heterocycles. The summed E-state index contributed by atoms with van der Waals surface area (Å²) in [5.41, 5.74) is -4.08. The van der Waals surface area contributed by atoms with Crippen LogP contribution in [0.1, 0.15) is 16.1 Å². The largest absolute Gasteiger partial charge is 0.325 e. The average Bonchev–Trinajstić information content (AvgIpc) is 2.56. The number of pyridine rings is 2. The van der Waals surface area contributed by atoms with Crippen molar-refractivity contribution in [3.8, 4) is 0 Å². The molecule has 0 radical (unpaired) electrons. The number of para-hydroxylation sites is 1. The van der Waals surface area contributed by atoms with Crippen molar-refractivity contribution >= 4 is 37.1 Å². The van der Waals surface area contributed by atoms with E-state index in [2.05, 4.69) is 9.97 Å². The third-order valence-electron chi connectivity index (χ3n) is 3.73. The molecule has 0 bridgehead atoms. The van der Waals surface area contributed by atoms with Gasteiger partial charge in [0.2, 0.25) is 5.78 Å². The minimum absolute atomic E-state index is 0.291. The normalized spacial score (nSPS) is 17.5. The Hall–Kier alpha value is -2.55. The van der Waals surface area contributed by atoms with Crippen molar-refractivity contribution in [2.75, 3.05) is 0 Å². The number of benzene rings is 1. The zero-order valence-electron chi connectivity index (χ0n) is 14.0. The molecule has 0 spiro atoms. The number of fused-ring (bicyclic) bond motifs is 1. The van der Waals surface area contributed by atoms with Crippen LogP contribution in [0.15, 0.2) is 58.6 Å². The van der Waals surface area contributed by atoms with Crippen LogP contribution in [0, 0.1) is 0 Å². The van der Waals surface area contributed by atoms with Gasteiger partial charge in [0, 0.05) is 17.1 Å². The van der Waals surface area contributed by atoms with Crippen molar-refractivity contribution in [1.29, 1.82) is 0 Å². The molecule has 0 aliphatic carbocycles. The summed E-state index contributed by atoms with van der Waals surface area (Å²) in [6.45, 7) is 0. The van der Waals surface area contributed by atoms with E-state index >= 15 is 0 Å². The highest BCUT2D eigenvalue weighted by molar-refractivity contribution is 8.46. The van der Waals surface area contributed by atoms with Gasteiger partial charge in [0.05, 0.1) is 5.52 Å². The van der Waals surface area contributed by atoms with Gasteiger partial charge in [0.1, 0.15) is 10.6 Å². The number of ketones is 1. The Kier molecular flexibility index (Phi) is 3.70. The van der Waals surface area contributed by atoms with Gasteiger partial charge < -0.3 is 0 Å². The number of nitrogens with zero attached hydrogens (tertiary/aromatic N) is 2. The summed E-state index contributed by atoms with van der Waals surface area (Å²) in [7, 11) is -21.5. The fourth-order valence-corrected chi connectivity index (χ4v) is 3.99. The van der Waals surface area contributed by atoms with Crippen molar-refractivity contribution in [3.05, 3.63) is 59.9 Å². The molecule has 2 aromatic heterocycles. The molecule has 3 rings (SSSR count). The van der Waals surface area contributed by atoms with E-state index in [4.69, 9.17) is 0 Å². The van der Waals surface area contributed by atoms with Gasteiger partial charge in [0.25, 0.3) is 0 Å². The first-order valence-electron chi connectivity index (χ1n) is 7.44. The Morgan fingerprint density at radius 1 is 0.767 bits per heavy atom. The van der Waals surface area contributed by atoms with E-state index in [1.807, 2.05) is 0 Å². The summed E-state index contributed by atoms with van der Waals surface area (Å²) >= 11 is 0. The second-order valence-electron chi connectivity index (χ2n) is 6.14. The molecule has 0 atom stereocenters. The fourth-order valence-electron chi connectivity index (χ4n) is 2.53. The second-order valence-corrected chi connectivity index (χ2v) is 10.9. The highest BCUT2D eigenvalue weighted by Crippen LogP contribution is 3.03. The minimum atomic E-state index is -10.8. The van der Waals surface area contributed by atoms with Crippen LogP contribution in [0.2, 0.25) is 0 Å². The van der Waals surface area contributed by atoms with Crippen molar-refractivity contribution in [2.24, 2.45) is 0 Å². The zero-order chi connectivity index (χ0) is 22.9. The van der Waals surface area contributed by atoms with E-state index in [0.29, 0.717) is 12.1 Å². The molecule has 3 nitrogen and oxygen atoms in total. The maximum atomic E-state index is 13.4. The Morgan fingerprint density at radius 2 is 1.40 bits per heavy atom. The van der Waals surface area contributed by atoms with Gasteiger partial charge in [-0.05, 0) is 24.3 Å². The summed E-state index contributed by atoms with van der Waals surface area (Å²) in [6.07, 6.45) is 1.00. The van der Waals surface area contributed by atoms with Gasteiger partial charge in [-0.25, -0.2) is 4.98 Å². The first kappa shape index (κ1) is 22.1. The first-order chi connectivity index (χ1) is 13.1. The third-order valence-corrected chi connectivity index (χ3v) is 5.89. The molecule has 0 aliphatic rings. The standard InChI is InChI=1S/C15H8F10N2OS2/c16-29(17,18,19,20)12-6-3-4-9-10(15(28)11-5-1-2-7-26-11)8-13(27-14(9)12)30(21,22,23,24)25/h1-8H. The monoisotopic (exact) mass is 486 g/mol. The third kappa shape index (κ3) is 4.30. The Bertz CT molecular complexity index is 1210. The van der Waals surface area contributed by atoms with Gasteiger partial charge in [-0.2, -0.15) is 0 Å². The maximum Gasteiger partial charge on any atom is 0.325 e. The molecule has 0 saturated heterocycles. The Labute approximate surface area is 161 Å². The highest BCUT2D eigenvalue weighted by atomic mass is 32.5. The molecule has 0 saturated carbocycles. The van der Waals surface area contributed by atoms with Gasteiger partial charge in [0.15, 0.2) is 5.03 Å². The molecular weight excluding hydrogens is 478 g/mol. The predicted molar refractivity (Wildman–Crippen MR) is 92.2 cm³/mol. The highest BCUT2D eigenvalue weighted by Gasteiger charge is 2.69. The molecule has 0 aliphatic heterocycles. The summed E-state index contributed by atoms with van der Waals surface area (Å²) in [4.78, 5) is 15.3. The average molecular weight is 486 g/mol. The predicted octanol–water partition coefficient (Wildman–Crippen LogP) is 8.18. The van der Waals surface area contributed by atoms with Crippen LogP contribution in [-0.4, -0.2) is 15.8 Å². The van der Waals surface area contributed by atoms with Crippen LogP contribution >= 0.6 is 20.4 Å². The Morgan fingerprint density at radius 3 is 1.90 bits per heavy atom. The number of carbonyl (C=O) groups is 1. The SMILES string of the molecule is O=C(c1ccccn1)c1cc(S(F)(F)(F)(F)F)nc2c(S(F)(F)(F)(F)F)cccc12. The van der Waals surface area contributed by atoms with Gasteiger partial charge in [-0.1, -0.05) is 57.1 Å². The fraction of sp³-hybridized carbons (Fsp3) is 0. The lowest BCUT2D eigenvalue weighted by molar-refractivity contribution is 0.103. The molecule has 0 unspecified atom stereocenters. The lowest BCUT2D eigenvalue weighted by atomic mass is 10.0. The number of halogens is 10. The van der Waals surface area contributed by atoms with E-state index in [1.54, 1.807) is 0 Å². The molecule has 166 valence electrons. The molecule has 0 N–H and O–H groups in total. The summed E-state index contributed by atoms with van der Waals surface area (Å²) in [5, 5.41) is -4.28. The van der Waals surface area contributed by atoms with Crippen molar-refractivity contribution in [2.45, 2.75) is 9.92 Å². The smallest absolute Gasteiger partial charge is 0.287 e. The number of carbonyl (C=O) groups excluding carboxylic acids is 1. The summed E-state index contributed by atoms with van der Waals surface area (Å²) in [5.74, 6) is -1.49. The molecule has 15 heteroatoms. The molecule has 30 heavy (non-hydrogen) atoms. The number of hydrogen-bond acceptors (Lipinski definition) is 3. The first-order valence-corrected chi connectivity index (χ1v) is 11.3. The quantitative estimate of drug-likeness (QED) is 0.276. The van der Waals surface area contributed by atoms with Crippen LogP contribution in [0.5, 0.6) is 0 Å². The van der Waals surface area contributed by atoms with Crippen molar-refractivity contribution < 1.29 is 43.7 Å². The van der Waals surface area contributed by atoms with Crippen LogP contribution in [0.3, 0.4) is 0 Å². The molecule has 3 aromatic rings.